The molecular weight excluding hydrogens is 348 g/mol. The number of ether oxygens (including phenoxy) is 2. The standard InChI is InChI=1S/C16H17ClN4O2S/c1-9(2)23-12-7-13(24-16-20-18-8-21(16)3)19-15-10(12)5-6-11(22-4)14(15)17/h5-9H,1-4H3. The minimum absolute atomic E-state index is 0.0316. The van der Waals surface area contributed by atoms with Gasteiger partial charge in [0.1, 0.15) is 27.9 Å². The summed E-state index contributed by atoms with van der Waals surface area (Å²) in [6, 6.07) is 5.61. The van der Waals surface area contributed by atoms with Crippen molar-refractivity contribution in [3.63, 3.8) is 0 Å². The molecule has 0 aliphatic heterocycles. The molecule has 0 bridgehead atoms. The second-order valence-electron chi connectivity index (χ2n) is 5.43. The van der Waals surface area contributed by atoms with Gasteiger partial charge in [-0.25, -0.2) is 4.98 Å². The van der Waals surface area contributed by atoms with Crippen molar-refractivity contribution >= 4 is 34.3 Å². The van der Waals surface area contributed by atoms with Crippen molar-refractivity contribution in [2.24, 2.45) is 7.05 Å². The number of hydrogen-bond donors (Lipinski definition) is 0. The van der Waals surface area contributed by atoms with E-state index in [1.54, 1.807) is 13.4 Å². The van der Waals surface area contributed by atoms with Crippen LogP contribution in [-0.4, -0.2) is 33.0 Å². The zero-order chi connectivity index (χ0) is 17.3. The summed E-state index contributed by atoms with van der Waals surface area (Å²) in [5.41, 5.74) is 0.638. The Labute approximate surface area is 149 Å². The zero-order valence-corrected chi connectivity index (χ0v) is 15.4. The molecule has 0 aliphatic rings. The van der Waals surface area contributed by atoms with E-state index in [4.69, 9.17) is 21.1 Å². The van der Waals surface area contributed by atoms with Crippen LogP contribution in [-0.2, 0) is 7.05 Å². The fraction of sp³-hybridized carbons (Fsp3) is 0.312. The smallest absolute Gasteiger partial charge is 0.197 e. The van der Waals surface area contributed by atoms with Crippen LogP contribution in [0.3, 0.4) is 0 Å². The number of fused-ring (bicyclic) bond motifs is 1. The highest BCUT2D eigenvalue weighted by molar-refractivity contribution is 7.99. The van der Waals surface area contributed by atoms with Crippen molar-refractivity contribution in [2.75, 3.05) is 7.11 Å². The molecule has 1 aromatic carbocycles. The Balaban J connectivity index is 2.15. The first-order valence-electron chi connectivity index (χ1n) is 7.35. The van der Waals surface area contributed by atoms with Gasteiger partial charge in [0.25, 0.3) is 0 Å². The van der Waals surface area contributed by atoms with E-state index in [1.165, 1.54) is 11.8 Å². The first kappa shape index (κ1) is 16.9. The largest absolute Gasteiger partial charge is 0.495 e. The van der Waals surface area contributed by atoms with E-state index < -0.39 is 0 Å². The summed E-state index contributed by atoms with van der Waals surface area (Å²) >= 11 is 7.85. The highest BCUT2D eigenvalue weighted by Gasteiger charge is 2.16. The minimum atomic E-state index is 0.0316. The third kappa shape index (κ3) is 3.27. The predicted molar refractivity (Wildman–Crippen MR) is 94.2 cm³/mol. The van der Waals surface area contributed by atoms with Gasteiger partial charge >= 0.3 is 0 Å². The van der Waals surface area contributed by atoms with Gasteiger partial charge in [-0.05, 0) is 37.7 Å². The molecule has 126 valence electrons. The number of halogens is 1. The maximum absolute atomic E-state index is 6.45. The van der Waals surface area contributed by atoms with Crippen LogP contribution in [0.5, 0.6) is 11.5 Å². The summed E-state index contributed by atoms with van der Waals surface area (Å²) < 4.78 is 13.1. The first-order chi connectivity index (χ1) is 11.5. The molecule has 0 aliphatic carbocycles. The van der Waals surface area contributed by atoms with Crippen molar-refractivity contribution in [3.8, 4) is 11.5 Å². The molecule has 2 aromatic heterocycles. The van der Waals surface area contributed by atoms with Gasteiger partial charge in [0, 0.05) is 18.5 Å². The highest BCUT2D eigenvalue weighted by atomic mass is 35.5. The Morgan fingerprint density at radius 1 is 1.25 bits per heavy atom. The monoisotopic (exact) mass is 364 g/mol. The molecule has 0 saturated heterocycles. The molecule has 24 heavy (non-hydrogen) atoms. The summed E-state index contributed by atoms with van der Waals surface area (Å²) in [4.78, 5) is 4.66. The van der Waals surface area contributed by atoms with Gasteiger partial charge in [0.2, 0.25) is 0 Å². The summed E-state index contributed by atoms with van der Waals surface area (Å²) in [5, 5.41) is 10.7. The molecule has 0 amide bonds. The van der Waals surface area contributed by atoms with Crippen LogP contribution in [0.1, 0.15) is 13.8 Å². The molecule has 3 rings (SSSR count). The molecule has 0 atom stereocenters. The maximum atomic E-state index is 6.45. The summed E-state index contributed by atoms with van der Waals surface area (Å²) in [6.45, 7) is 3.96. The Morgan fingerprint density at radius 3 is 2.67 bits per heavy atom. The first-order valence-corrected chi connectivity index (χ1v) is 8.54. The van der Waals surface area contributed by atoms with Crippen molar-refractivity contribution in [3.05, 3.63) is 29.5 Å². The topological polar surface area (TPSA) is 62.1 Å². The third-order valence-electron chi connectivity index (χ3n) is 3.27. The molecular formula is C16H17ClN4O2S. The van der Waals surface area contributed by atoms with Gasteiger partial charge in [0.15, 0.2) is 5.16 Å². The summed E-state index contributed by atoms with van der Waals surface area (Å²) in [6.07, 6.45) is 1.68. The number of hydrogen-bond acceptors (Lipinski definition) is 6. The van der Waals surface area contributed by atoms with E-state index in [2.05, 4.69) is 15.2 Å². The quantitative estimate of drug-likeness (QED) is 0.682. The van der Waals surface area contributed by atoms with Crippen LogP contribution in [0.2, 0.25) is 5.02 Å². The van der Waals surface area contributed by atoms with E-state index in [0.29, 0.717) is 16.3 Å². The van der Waals surface area contributed by atoms with Gasteiger partial charge in [-0.1, -0.05) is 11.6 Å². The molecule has 3 aromatic rings. The Kier molecular flexibility index (Phi) is 4.82. The highest BCUT2D eigenvalue weighted by Crippen LogP contribution is 2.39. The second-order valence-corrected chi connectivity index (χ2v) is 6.80. The van der Waals surface area contributed by atoms with E-state index >= 15 is 0 Å². The molecule has 6 nitrogen and oxygen atoms in total. The number of aromatic nitrogens is 4. The molecule has 2 heterocycles. The molecule has 0 saturated carbocycles. The van der Waals surface area contributed by atoms with Crippen LogP contribution in [0, 0.1) is 0 Å². The minimum Gasteiger partial charge on any atom is -0.495 e. The Bertz CT molecular complexity index is 882. The lowest BCUT2D eigenvalue weighted by Crippen LogP contribution is -2.06. The van der Waals surface area contributed by atoms with E-state index in [0.717, 1.165) is 21.3 Å². The van der Waals surface area contributed by atoms with Crippen molar-refractivity contribution in [1.29, 1.82) is 0 Å². The van der Waals surface area contributed by atoms with Crippen molar-refractivity contribution < 1.29 is 9.47 Å². The molecule has 0 unspecified atom stereocenters. The lowest BCUT2D eigenvalue weighted by molar-refractivity contribution is 0.245. The maximum Gasteiger partial charge on any atom is 0.197 e. The number of pyridine rings is 1. The van der Waals surface area contributed by atoms with Crippen LogP contribution in [0.15, 0.2) is 34.7 Å². The fourth-order valence-corrected chi connectivity index (χ4v) is 3.26. The molecule has 0 spiro atoms. The van der Waals surface area contributed by atoms with Gasteiger partial charge in [-0.2, -0.15) is 0 Å². The number of methoxy groups -OCH3 is 1. The average Bonchev–Trinajstić information content (AvgIpc) is 2.93. The van der Waals surface area contributed by atoms with Crippen molar-refractivity contribution in [1.82, 2.24) is 19.7 Å². The van der Waals surface area contributed by atoms with Crippen LogP contribution < -0.4 is 9.47 Å². The van der Waals surface area contributed by atoms with Gasteiger partial charge in [-0.3, -0.25) is 0 Å². The number of nitrogens with zero attached hydrogens (tertiary/aromatic N) is 4. The van der Waals surface area contributed by atoms with Crippen LogP contribution in [0.25, 0.3) is 10.9 Å². The normalized spacial score (nSPS) is 11.2. The molecule has 0 radical (unpaired) electrons. The van der Waals surface area contributed by atoms with Crippen molar-refractivity contribution in [2.45, 2.75) is 30.1 Å². The zero-order valence-electron chi connectivity index (χ0n) is 13.8. The third-order valence-corrected chi connectivity index (χ3v) is 4.61. The summed E-state index contributed by atoms with van der Waals surface area (Å²) in [7, 11) is 3.46. The molecule has 8 heteroatoms. The van der Waals surface area contributed by atoms with E-state index in [9.17, 15) is 0 Å². The fourth-order valence-electron chi connectivity index (χ4n) is 2.21. The molecule has 0 N–H and O–H groups in total. The number of rotatable bonds is 5. The predicted octanol–water partition coefficient (Wildman–Crippen LogP) is 3.96. The van der Waals surface area contributed by atoms with Gasteiger partial charge in [-0.15, -0.1) is 10.2 Å². The number of benzene rings is 1. The average molecular weight is 365 g/mol. The second kappa shape index (κ2) is 6.86. The SMILES string of the molecule is COc1ccc2c(OC(C)C)cc(Sc3nncn3C)nc2c1Cl. The Hall–Kier alpha value is -1.99. The Morgan fingerprint density at radius 2 is 2.04 bits per heavy atom. The lowest BCUT2D eigenvalue weighted by atomic mass is 10.2. The van der Waals surface area contributed by atoms with Gasteiger partial charge < -0.3 is 14.0 Å². The van der Waals surface area contributed by atoms with Gasteiger partial charge in [0.05, 0.1) is 18.7 Å². The van der Waals surface area contributed by atoms with E-state index in [1.807, 2.05) is 43.7 Å². The van der Waals surface area contributed by atoms with E-state index in [-0.39, 0.29) is 6.10 Å². The summed E-state index contributed by atoms with van der Waals surface area (Å²) in [5.74, 6) is 1.30. The van der Waals surface area contributed by atoms with Crippen LogP contribution >= 0.6 is 23.4 Å². The number of aryl methyl sites for hydroxylation is 1. The molecule has 0 fully saturated rings. The van der Waals surface area contributed by atoms with Crippen LogP contribution in [0.4, 0.5) is 0 Å². The lowest BCUT2D eigenvalue weighted by Gasteiger charge is -2.15.